The summed E-state index contributed by atoms with van der Waals surface area (Å²) < 4.78 is 7.42. The van der Waals surface area contributed by atoms with Crippen molar-refractivity contribution in [3.05, 3.63) is 42.5 Å². The number of nitrogens with one attached hydrogen (secondary N) is 1. The minimum absolute atomic E-state index is 0.0454. The van der Waals surface area contributed by atoms with Gasteiger partial charge >= 0.3 is 0 Å². The van der Waals surface area contributed by atoms with Crippen molar-refractivity contribution in [1.82, 2.24) is 19.7 Å². The molecule has 0 unspecified atom stereocenters. The highest BCUT2D eigenvalue weighted by molar-refractivity contribution is 7.99. The smallest absolute Gasteiger partial charge is 0.262 e. The van der Waals surface area contributed by atoms with Gasteiger partial charge in [-0.25, -0.2) is 9.97 Å². The van der Waals surface area contributed by atoms with E-state index in [1.165, 1.54) is 11.8 Å². The van der Waals surface area contributed by atoms with Gasteiger partial charge in [-0.1, -0.05) is 6.07 Å². The summed E-state index contributed by atoms with van der Waals surface area (Å²) in [6.45, 7) is 7.18. The van der Waals surface area contributed by atoms with Crippen LogP contribution in [0.5, 0.6) is 0 Å². The van der Waals surface area contributed by atoms with E-state index in [1.807, 2.05) is 24.4 Å². The lowest BCUT2D eigenvalue weighted by Crippen LogP contribution is -2.35. The second-order valence-electron chi connectivity index (χ2n) is 5.80. The Hall–Kier alpha value is -1.79. The van der Waals surface area contributed by atoms with Crippen LogP contribution in [-0.4, -0.2) is 19.9 Å². The number of pyridine rings is 1. The van der Waals surface area contributed by atoms with Crippen molar-refractivity contribution in [3.8, 4) is 0 Å². The predicted octanol–water partition coefficient (Wildman–Crippen LogP) is 3.36. The van der Waals surface area contributed by atoms with Gasteiger partial charge in [-0.3, -0.25) is 0 Å². The fourth-order valence-corrected chi connectivity index (χ4v) is 2.77. The molecule has 0 amide bonds. The third kappa shape index (κ3) is 3.28. The minimum Gasteiger partial charge on any atom is -0.440 e. The highest BCUT2D eigenvalue weighted by Crippen LogP contribution is 2.29. The fourth-order valence-electron chi connectivity index (χ4n) is 1.96. The van der Waals surface area contributed by atoms with Crippen LogP contribution in [0.1, 0.15) is 26.5 Å². The normalized spacial score (nSPS) is 12.1. The third-order valence-electron chi connectivity index (χ3n) is 2.97. The zero-order chi connectivity index (χ0) is 14.9. The molecule has 110 valence electrons. The fraction of sp³-hybridized carbons (Fsp3) is 0.333. The van der Waals surface area contributed by atoms with E-state index in [2.05, 4.69) is 40.5 Å². The minimum atomic E-state index is 0.0454. The van der Waals surface area contributed by atoms with Crippen LogP contribution in [0.25, 0.3) is 5.65 Å². The summed E-state index contributed by atoms with van der Waals surface area (Å²) in [6, 6.07) is 6.00. The molecule has 3 rings (SSSR count). The van der Waals surface area contributed by atoms with Gasteiger partial charge in [0.15, 0.2) is 0 Å². The van der Waals surface area contributed by atoms with E-state index in [9.17, 15) is 0 Å². The lowest BCUT2D eigenvalue weighted by atomic mass is 10.1. The summed E-state index contributed by atoms with van der Waals surface area (Å²) in [5.41, 5.74) is 2.09. The zero-order valence-electron chi connectivity index (χ0n) is 12.3. The number of fused-ring (bicyclic) bond motifs is 1. The van der Waals surface area contributed by atoms with Crippen molar-refractivity contribution < 1.29 is 4.42 Å². The Bertz CT molecular complexity index is 728. The van der Waals surface area contributed by atoms with Gasteiger partial charge in [0.1, 0.15) is 16.9 Å². The summed E-state index contributed by atoms with van der Waals surface area (Å²) in [6.07, 6.45) is 5.25. The summed E-state index contributed by atoms with van der Waals surface area (Å²) in [5.74, 6) is 0. The maximum absolute atomic E-state index is 5.32. The van der Waals surface area contributed by atoms with Gasteiger partial charge in [0.2, 0.25) is 0 Å². The maximum atomic E-state index is 5.32. The number of oxazole rings is 1. The molecule has 6 heteroatoms. The Morgan fingerprint density at radius 2 is 2.19 bits per heavy atom. The van der Waals surface area contributed by atoms with Crippen molar-refractivity contribution in [2.45, 2.75) is 43.1 Å². The molecule has 1 N–H and O–H groups in total. The van der Waals surface area contributed by atoms with E-state index in [-0.39, 0.29) is 5.54 Å². The highest BCUT2D eigenvalue weighted by atomic mass is 32.2. The first-order chi connectivity index (χ1) is 10.0. The Morgan fingerprint density at radius 3 is 2.90 bits per heavy atom. The first kappa shape index (κ1) is 14.2. The molecule has 3 aromatic rings. The summed E-state index contributed by atoms with van der Waals surface area (Å²) in [7, 11) is 0. The zero-order valence-corrected chi connectivity index (χ0v) is 13.1. The molecule has 0 aliphatic heterocycles. The molecule has 0 saturated heterocycles. The molecule has 0 radical (unpaired) electrons. The molecule has 0 fully saturated rings. The van der Waals surface area contributed by atoms with Crippen molar-refractivity contribution in [2.75, 3.05) is 0 Å². The van der Waals surface area contributed by atoms with Crippen LogP contribution in [-0.2, 0) is 6.54 Å². The van der Waals surface area contributed by atoms with Crippen LogP contribution < -0.4 is 5.32 Å². The average molecular weight is 302 g/mol. The van der Waals surface area contributed by atoms with E-state index in [4.69, 9.17) is 4.42 Å². The first-order valence-electron chi connectivity index (χ1n) is 6.81. The van der Waals surface area contributed by atoms with E-state index in [1.54, 1.807) is 12.5 Å². The van der Waals surface area contributed by atoms with Gasteiger partial charge in [-0.15, -0.1) is 0 Å². The molecule has 0 atom stereocenters. The quantitative estimate of drug-likeness (QED) is 0.801. The van der Waals surface area contributed by atoms with Gasteiger partial charge in [0.25, 0.3) is 5.22 Å². The molecule has 3 aromatic heterocycles. The van der Waals surface area contributed by atoms with Crippen LogP contribution in [0.4, 0.5) is 0 Å². The number of imidazole rings is 1. The van der Waals surface area contributed by atoms with Crippen molar-refractivity contribution in [2.24, 2.45) is 0 Å². The van der Waals surface area contributed by atoms with Crippen LogP contribution in [0.3, 0.4) is 0 Å². The van der Waals surface area contributed by atoms with Crippen LogP contribution in [0, 0.1) is 0 Å². The van der Waals surface area contributed by atoms with Gasteiger partial charge in [0, 0.05) is 18.3 Å². The largest absolute Gasteiger partial charge is 0.440 e. The first-order valence-corrected chi connectivity index (χ1v) is 7.63. The van der Waals surface area contributed by atoms with Crippen molar-refractivity contribution in [1.29, 1.82) is 0 Å². The summed E-state index contributed by atoms with van der Waals surface area (Å²) in [4.78, 5) is 8.83. The number of rotatable bonds is 4. The molecular weight excluding hydrogens is 284 g/mol. The Labute approximate surface area is 127 Å². The molecule has 21 heavy (non-hydrogen) atoms. The number of hydrogen-bond donors (Lipinski definition) is 1. The van der Waals surface area contributed by atoms with Crippen LogP contribution >= 0.6 is 11.8 Å². The van der Waals surface area contributed by atoms with E-state index in [0.717, 1.165) is 22.9 Å². The van der Waals surface area contributed by atoms with Crippen LogP contribution in [0.15, 0.2) is 51.5 Å². The second kappa shape index (κ2) is 5.54. The SMILES string of the molecule is CC(C)(C)NCc1c(Sc2ncco2)nc2ccccn12. The van der Waals surface area contributed by atoms with E-state index < -0.39 is 0 Å². The maximum Gasteiger partial charge on any atom is 0.262 e. The monoisotopic (exact) mass is 302 g/mol. The molecule has 0 bridgehead atoms. The number of hydrogen-bond acceptors (Lipinski definition) is 5. The highest BCUT2D eigenvalue weighted by Gasteiger charge is 2.17. The molecule has 0 saturated carbocycles. The molecule has 3 heterocycles. The molecular formula is C15H18N4OS. The molecule has 5 nitrogen and oxygen atoms in total. The lowest BCUT2D eigenvalue weighted by molar-refractivity contribution is 0.418. The van der Waals surface area contributed by atoms with E-state index >= 15 is 0 Å². The Morgan fingerprint density at radius 1 is 1.33 bits per heavy atom. The summed E-state index contributed by atoms with van der Waals surface area (Å²) in [5, 5.41) is 5.04. The van der Waals surface area contributed by atoms with Gasteiger partial charge in [0.05, 0.1) is 11.9 Å². The van der Waals surface area contributed by atoms with Gasteiger partial charge < -0.3 is 14.1 Å². The average Bonchev–Trinajstić information content (AvgIpc) is 3.03. The van der Waals surface area contributed by atoms with Crippen molar-refractivity contribution in [3.63, 3.8) is 0 Å². The molecule has 0 aliphatic carbocycles. The Balaban J connectivity index is 1.97. The third-order valence-corrected chi connectivity index (χ3v) is 3.87. The number of nitrogens with zero attached hydrogens (tertiary/aromatic N) is 3. The Kier molecular flexibility index (Phi) is 3.73. The van der Waals surface area contributed by atoms with Crippen LogP contribution in [0.2, 0.25) is 0 Å². The topological polar surface area (TPSA) is 55.4 Å². The van der Waals surface area contributed by atoms with Crippen molar-refractivity contribution >= 4 is 17.4 Å². The van der Waals surface area contributed by atoms with Gasteiger partial charge in [-0.2, -0.15) is 0 Å². The summed E-state index contributed by atoms with van der Waals surface area (Å²) >= 11 is 1.45. The standard InChI is InChI=1S/C15H18N4OS/c1-15(2,3)17-10-11-13(21-14-16-7-9-20-14)18-12-6-4-5-8-19(11)12/h4-9,17H,10H2,1-3H3. The second-order valence-corrected chi connectivity index (χ2v) is 6.74. The molecule has 0 aromatic carbocycles. The molecule has 0 aliphatic rings. The van der Waals surface area contributed by atoms with Gasteiger partial charge in [-0.05, 0) is 44.7 Å². The number of aromatic nitrogens is 3. The lowest BCUT2D eigenvalue weighted by Gasteiger charge is -2.20. The van der Waals surface area contributed by atoms with E-state index in [0.29, 0.717) is 5.22 Å². The predicted molar refractivity (Wildman–Crippen MR) is 82.4 cm³/mol. The molecule has 0 spiro atoms.